The van der Waals surface area contributed by atoms with Crippen LogP contribution >= 0.6 is 0 Å². The summed E-state index contributed by atoms with van der Waals surface area (Å²) in [6.07, 6.45) is 2.23. The molecular weight excluding hydrogens is 568 g/mol. The fraction of sp³-hybridized carbons (Fsp3) is 0.900. The van der Waals surface area contributed by atoms with Gasteiger partial charge in [0.2, 0.25) is 5.79 Å². The third-order valence-corrected chi connectivity index (χ3v) is 8.00. The number of hydrogen-bond acceptors (Lipinski definition) is 13. The summed E-state index contributed by atoms with van der Waals surface area (Å²) in [5.41, 5.74) is 0. The van der Waals surface area contributed by atoms with E-state index in [4.69, 9.17) is 18.9 Å². The third kappa shape index (κ3) is 11.9. The molecule has 2 saturated heterocycles. The predicted octanol–water partition coefficient (Wildman–Crippen LogP) is 0.164. The van der Waals surface area contributed by atoms with Crippen molar-refractivity contribution in [3.63, 3.8) is 0 Å². The number of rotatable bonds is 21. The molecule has 0 amide bonds. The lowest BCUT2D eigenvalue weighted by atomic mass is 9.99. The molecule has 0 spiro atoms. The SMILES string of the molecule is CCCCCC[C@@H](O)C/C=C\CCCCCCCC(=O)OC[C@@]1(O[C@H]2O[C@H](CO)[C@@H](O)[C@H](O)[C@H]2O)O[C@H](CO)[C@@H](O)[C@@H]1O. The van der Waals surface area contributed by atoms with Crippen molar-refractivity contribution in [2.75, 3.05) is 19.8 Å². The normalized spacial score (nSPS) is 33.7. The van der Waals surface area contributed by atoms with E-state index in [1.165, 1.54) is 19.3 Å². The average molecular weight is 623 g/mol. The van der Waals surface area contributed by atoms with Gasteiger partial charge >= 0.3 is 5.97 Å². The highest BCUT2D eigenvalue weighted by atomic mass is 16.8. The standard InChI is InChI=1S/C30H54O13/c1-2-3-4-11-14-20(33)15-12-9-7-5-6-8-10-13-16-23(34)40-19-30(28(39)25(36)22(18-32)42-30)43-29-27(38)26(37)24(35)21(17-31)41-29/h9,12,20-22,24-29,31-33,35-39H,2-8,10-11,13-19H2,1H3/b12-9-/t20-,21-,22-,24-,25-,26+,27-,28+,29-,30+/m1/s1. The molecule has 43 heavy (non-hydrogen) atoms. The highest BCUT2D eigenvalue weighted by Gasteiger charge is 2.59. The Bertz CT molecular complexity index is 796. The van der Waals surface area contributed by atoms with Gasteiger partial charge in [-0.15, -0.1) is 0 Å². The van der Waals surface area contributed by atoms with Crippen LogP contribution in [0.1, 0.15) is 90.4 Å². The van der Waals surface area contributed by atoms with E-state index in [1.54, 1.807) is 0 Å². The van der Waals surface area contributed by atoms with E-state index in [0.29, 0.717) is 12.8 Å². The molecule has 10 atom stereocenters. The number of esters is 1. The molecule has 0 aromatic carbocycles. The van der Waals surface area contributed by atoms with E-state index < -0.39 is 80.6 Å². The number of ether oxygens (including phenoxy) is 4. The lowest BCUT2D eigenvalue weighted by molar-refractivity contribution is -0.383. The van der Waals surface area contributed by atoms with Gasteiger partial charge < -0.3 is 59.8 Å². The molecular formula is C30H54O13. The monoisotopic (exact) mass is 622 g/mol. The number of unbranched alkanes of at least 4 members (excludes halogenated alkanes) is 8. The zero-order chi connectivity index (χ0) is 31.8. The zero-order valence-electron chi connectivity index (χ0n) is 25.3. The van der Waals surface area contributed by atoms with Crippen molar-refractivity contribution in [1.82, 2.24) is 0 Å². The van der Waals surface area contributed by atoms with Crippen molar-refractivity contribution < 1.29 is 64.6 Å². The van der Waals surface area contributed by atoms with Crippen LogP contribution in [0.2, 0.25) is 0 Å². The molecule has 252 valence electrons. The zero-order valence-corrected chi connectivity index (χ0v) is 25.3. The fourth-order valence-electron chi connectivity index (χ4n) is 5.23. The molecule has 2 fully saturated rings. The van der Waals surface area contributed by atoms with Crippen LogP contribution in [0.3, 0.4) is 0 Å². The summed E-state index contributed by atoms with van der Waals surface area (Å²) in [5, 5.41) is 80.4. The van der Waals surface area contributed by atoms with Crippen LogP contribution in [0.15, 0.2) is 12.2 Å². The van der Waals surface area contributed by atoms with Gasteiger partial charge in [-0.1, -0.05) is 64.0 Å². The first-order chi connectivity index (χ1) is 20.6. The Labute approximate surface area is 254 Å². The molecule has 8 N–H and O–H groups in total. The number of carbonyl (C=O) groups is 1. The van der Waals surface area contributed by atoms with E-state index in [1.807, 2.05) is 6.08 Å². The van der Waals surface area contributed by atoms with Gasteiger partial charge in [0.05, 0.1) is 19.3 Å². The highest BCUT2D eigenvalue weighted by Crippen LogP contribution is 2.36. The minimum absolute atomic E-state index is 0.0776. The van der Waals surface area contributed by atoms with Gasteiger partial charge in [0.25, 0.3) is 0 Å². The first kappa shape index (κ1) is 38.0. The molecule has 0 unspecified atom stereocenters. The largest absolute Gasteiger partial charge is 0.460 e. The van der Waals surface area contributed by atoms with Gasteiger partial charge in [0.15, 0.2) is 6.29 Å². The molecule has 0 aromatic rings. The number of aliphatic hydroxyl groups excluding tert-OH is 8. The van der Waals surface area contributed by atoms with Crippen molar-refractivity contribution in [3.05, 3.63) is 12.2 Å². The Hall–Kier alpha value is -1.23. The van der Waals surface area contributed by atoms with E-state index in [0.717, 1.165) is 44.9 Å². The summed E-state index contributed by atoms with van der Waals surface area (Å²) in [4.78, 5) is 12.4. The van der Waals surface area contributed by atoms with Crippen LogP contribution in [0, 0.1) is 0 Å². The fourth-order valence-corrected chi connectivity index (χ4v) is 5.23. The van der Waals surface area contributed by atoms with E-state index >= 15 is 0 Å². The second-order valence-corrected chi connectivity index (χ2v) is 11.6. The van der Waals surface area contributed by atoms with Crippen molar-refractivity contribution in [1.29, 1.82) is 0 Å². The lowest BCUT2D eigenvalue weighted by Crippen LogP contribution is -2.62. The predicted molar refractivity (Wildman–Crippen MR) is 153 cm³/mol. The Morgan fingerprint density at radius 1 is 0.837 bits per heavy atom. The maximum atomic E-state index is 12.4. The quantitative estimate of drug-likeness (QED) is 0.0487. The van der Waals surface area contributed by atoms with Gasteiger partial charge in [-0.3, -0.25) is 4.79 Å². The topological polar surface area (TPSA) is 216 Å². The minimum Gasteiger partial charge on any atom is -0.460 e. The van der Waals surface area contributed by atoms with Gasteiger partial charge in [-0.2, -0.15) is 0 Å². The van der Waals surface area contributed by atoms with Gasteiger partial charge in [-0.25, -0.2) is 0 Å². The average Bonchev–Trinajstić information content (AvgIpc) is 3.24. The third-order valence-electron chi connectivity index (χ3n) is 8.00. The molecule has 2 aliphatic heterocycles. The summed E-state index contributed by atoms with van der Waals surface area (Å²) in [5.74, 6) is -2.89. The molecule has 13 heteroatoms. The van der Waals surface area contributed by atoms with Crippen LogP contribution in [0.25, 0.3) is 0 Å². The van der Waals surface area contributed by atoms with Gasteiger partial charge in [0, 0.05) is 6.42 Å². The summed E-state index contributed by atoms with van der Waals surface area (Å²) in [7, 11) is 0. The van der Waals surface area contributed by atoms with Gasteiger partial charge in [0.1, 0.15) is 49.3 Å². The summed E-state index contributed by atoms with van der Waals surface area (Å²) >= 11 is 0. The van der Waals surface area contributed by atoms with Crippen LogP contribution in [-0.4, -0.2) is 128 Å². The maximum Gasteiger partial charge on any atom is 0.305 e. The Morgan fingerprint density at radius 2 is 1.51 bits per heavy atom. The number of hydrogen-bond donors (Lipinski definition) is 8. The molecule has 2 heterocycles. The van der Waals surface area contributed by atoms with Crippen molar-refractivity contribution in [2.24, 2.45) is 0 Å². The highest BCUT2D eigenvalue weighted by molar-refractivity contribution is 5.69. The lowest BCUT2D eigenvalue weighted by Gasteiger charge is -2.43. The van der Waals surface area contributed by atoms with Crippen LogP contribution in [0.5, 0.6) is 0 Å². The van der Waals surface area contributed by atoms with E-state index in [-0.39, 0.29) is 12.5 Å². The summed E-state index contributed by atoms with van der Waals surface area (Å²) < 4.78 is 21.7. The molecule has 0 saturated carbocycles. The molecule has 0 aliphatic carbocycles. The van der Waals surface area contributed by atoms with Crippen LogP contribution < -0.4 is 0 Å². The summed E-state index contributed by atoms with van der Waals surface area (Å²) in [6, 6.07) is 0. The van der Waals surface area contributed by atoms with E-state index in [2.05, 4.69) is 13.0 Å². The second kappa shape index (κ2) is 20.0. The molecule has 0 bridgehead atoms. The summed E-state index contributed by atoms with van der Waals surface area (Å²) in [6.45, 7) is 0.0113. The van der Waals surface area contributed by atoms with Crippen molar-refractivity contribution in [3.8, 4) is 0 Å². The Balaban J connectivity index is 1.73. The Kier molecular flexibility index (Phi) is 17.7. The minimum atomic E-state index is -2.27. The van der Waals surface area contributed by atoms with Crippen LogP contribution in [-0.2, 0) is 23.7 Å². The van der Waals surface area contributed by atoms with Gasteiger partial charge in [-0.05, 0) is 32.1 Å². The number of carbonyl (C=O) groups excluding carboxylic acids is 1. The number of allylic oxidation sites excluding steroid dienone is 1. The molecule has 0 aromatic heterocycles. The van der Waals surface area contributed by atoms with Crippen LogP contribution in [0.4, 0.5) is 0 Å². The maximum absolute atomic E-state index is 12.4. The smallest absolute Gasteiger partial charge is 0.305 e. The second-order valence-electron chi connectivity index (χ2n) is 11.6. The molecule has 2 aliphatic rings. The first-order valence-corrected chi connectivity index (χ1v) is 15.7. The Morgan fingerprint density at radius 3 is 2.19 bits per heavy atom. The first-order valence-electron chi connectivity index (χ1n) is 15.7. The van der Waals surface area contributed by atoms with Crippen molar-refractivity contribution in [2.45, 2.75) is 151 Å². The molecule has 0 radical (unpaired) electrons. The molecule has 2 rings (SSSR count). The number of aliphatic hydroxyl groups is 8. The molecule has 13 nitrogen and oxygen atoms in total. The van der Waals surface area contributed by atoms with E-state index in [9.17, 15) is 45.6 Å². The van der Waals surface area contributed by atoms with Crippen molar-refractivity contribution >= 4 is 5.97 Å².